The Hall–Kier alpha value is -2.21. The van der Waals surface area contributed by atoms with Crippen LogP contribution >= 0.6 is 0 Å². The van der Waals surface area contributed by atoms with Gasteiger partial charge in [0.05, 0.1) is 17.6 Å². The highest BCUT2D eigenvalue weighted by Crippen LogP contribution is 2.36. The second-order valence-corrected chi connectivity index (χ2v) is 9.60. The number of fused-ring (bicyclic) bond motifs is 1. The first-order valence-corrected chi connectivity index (χ1v) is 12.5. The van der Waals surface area contributed by atoms with Gasteiger partial charge in [-0.1, -0.05) is 37.8 Å². The zero-order valence-electron chi connectivity index (χ0n) is 19.8. The Morgan fingerprint density at radius 2 is 1.84 bits per heavy atom. The molecule has 1 saturated heterocycles. The number of esters is 1. The minimum Gasteiger partial charge on any atom is -0.461 e. The summed E-state index contributed by atoms with van der Waals surface area (Å²) in [6.07, 6.45) is 11.2. The van der Waals surface area contributed by atoms with Crippen molar-refractivity contribution in [1.82, 2.24) is 14.5 Å². The number of carbonyl (C=O) groups excluding carboxylic acids is 1. The van der Waals surface area contributed by atoms with Gasteiger partial charge in [-0.3, -0.25) is 9.69 Å². The number of hydrogen-bond donors (Lipinski definition) is 0. The van der Waals surface area contributed by atoms with Gasteiger partial charge in [0.2, 0.25) is 5.69 Å². The predicted molar refractivity (Wildman–Crippen MR) is 127 cm³/mol. The van der Waals surface area contributed by atoms with Crippen molar-refractivity contribution in [2.75, 3.05) is 6.61 Å². The fourth-order valence-electron chi connectivity index (χ4n) is 5.97. The molecule has 6 nitrogen and oxygen atoms in total. The molecule has 4 rings (SSSR count). The van der Waals surface area contributed by atoms with E-state index in [1.54, 1.807) is 11.5 Å². The van der Waals surface area contributed by atoms with Gasteiger partial charge in [0, 0.05) is 24.2 Å². The zero-order chi connectivity index (χ0) is 22.7. The van der Waals surface area contributed by atoms with Gasteiger partial charge in [0.15, 0.2) is 0 Å². The van der Waals surface area contributed by atoms with Gasteiger partial charge in [0.25, 0.3) is 5.56 Å². The van der Waals surface area contributed by atoms with Crippen molar-refractivity contribution in [1.29, 1.82) is 0 Å². The third kappa shape index (κ3) is 4.61. The van der Waals surface area contributed by atoms with Crippen LogP contribution in [0, 0.1) is 0 Å². The van der Waals surface area contributed by atoms with Crippen LogP contribution in [-0.2, 0) is 4.74 Å². The van der Waals surface area contributed by atoms with Crippen molar-refractivity contribution in [2.24, 2.45) is 0 Å². The van der Waals surface area contributed by atoms with Crippen LogP contribution in [0.2, 0.25) is 0 Å². The molecule has 2 aromatic rings. The summed E-state index contributed by atoms with van der Waals surface area (Å²) in [4.78, 5) is 33.0. The lowest BCUT2D eigenvalue weighted by molar-refractivity contribution is 0.0516. The summed E-state index contributed by atoms with van der Waals surface area (Å²) in [5, 5.41) is 0. The van der Waals surface area contributed by atoms with E-state index < -0.39 is 5.97 Å². The number of rotatable bonds is 6. The topological polar surface area (TPSA) is 64.4 Å². The molecule has 1 aromatic heterocycles. The van der Waals surface area contributed by atoms with Crippen molar-refractivity contribution >= 4 is 17.0 Å². The standard InChI is InChI=1S/C26H37N3O3/c1-4-32-26(31)24-25(30)29(23-14-10-9-13-22(23)27-24)19(3)17-21-16-15-18(2)28(21)20-11-7-5-6-8-12-20/h9-10,13-14,18-21H,4-8,11-12,15-17H2,1-3H3/t18-,19?,21?/m0/s1. The summed E-state index contributed by atoms with van der Waals surface area (Å²) in [7, 11) is 0. The van der Waals surface area contributed by atoms with Crippen molar-refractivity contribution in [3.8, 4) is 0 Å². The van der Waals surface area contributed by atoms with Gasteiger partial charge in [-0.15, -0.1) is 0 Å². The van der Waals surface area contributed by atoms with Crippen LogP contribution in [0.3, 0.4) is 0 Å². The molecule has 2 heterocycles. The average molecular weight is 440 g/mol. The van der Waals surface area contributed by atoms with E-state index in [0.29, 0.717) is 23.6 Å². The first-order valence-electron chi connectivity index (χ1n) is 12.5. The van der Waals surface area contributed by atoms with Gasteiger partial charge in [-0.25, -0.2) is 9.78 Å². The minimum absolute atomic E-state index is 0.0350. The number of ether oxygens (including phenoxy) is 1. The van der Waals surface area contributed by atoms with E-state index in [1.807, 2.05) is 24.3 Å². The van der Waals surface area contributed by atoms with Crippen molar-refractivity contribution in [3.05, 3.63) is 40.3 Å². The molecule has 174 valence electrons. The largest absolute Gasteiger partial charge is 0.461 e. The van der Waals surface area contributed by atoms with Crippen LogP contribution < -0.4 is 5.56 Å². The monoisotopic (exact) mass is 439 g/mol. The quantitative estimate of drug-likeness (QED) is 0.463. The van der Waals surface area contributed by atoms with Crippen LogP contribution in [0.4, 0.5) is 0 Å². The lowest BCUT2D eigenvalue weighted by atomic mass is 10.0. The highest BCUT2D eigenvalue weighted by molar-refractivity contribution is 5.89. The van der Waals surface area contributed by atoms with Crippen molar-refractivity contribution in [2.45, 2.75) is 103 Å². The molecule has 3 atom stereocenters. The molecular formula is C26H37N3O3. The van der Waals surface area contributed by atoms with E-state index in [2.05, 4.69) is 23.7 Å². The Balaban J connectivity index is 1.65. The number of likely N-dealkylation sites (tertiary alicyclic amines) is 1. The molecule has 1 aliphatic carbocycles. The van der Waals surface area contributed by atoms with Crippen molar-refractivity contribution < 1.29 is 9.53 Å². The maximum absolute atomic E-state index is 13.4. The molecule has 2 fully saturated rings. The number of carbonyl (C=O) groups is 1. The third-order valence-electron chi connectivity index (χ3n) is 7.41. The van der Waals surface area contributed by atoms with E-state index in [0.717, 1.165) is 11.9 Å². The van der Waals surface area contributed by atoms with E-state index in [4.69, 9.17) is 4.74 Å². The van der Waals surface area contributed by atoms with E-state index in [9.17, 15) is 9.59 Å². The Morgan fingerprint density at radius 1 is 1.12 bits per heavy atom. The highest BCUT2D eigenvalue weighted by Gasteiger charge is 2.37. The summed E-state index contributed by atoms with van der Waals surface area (Å²) in [5.74, 6) is -0.640. The van der Waals surface area contributed by atoms with Crippen LogP contribution in [0.1, 0.15) is 95.1 Å². The Morgan fingerprint density at radius 3 is 2.56 bits per heavy atom. The van der Waals surface area contributed by atoms with Crippen LogP contribution in [-0.4, -0.2) is 45.2 Å². The molecule has 2 aliphatic rings. The van der Waals surface area contributed by atoms with Gasteiger partial charge in [0.1, 0.15) is 0 Å². The summed E-state index contributed by atoms with van der Waals surface area (Å²) < 4.78 is 6.91. The molecule has 0 N–H and O–H groups in total. The maximum Gasteiger partial charge on any atom is 0.362 e. The molecule has 1 saturated carbocycles. The second-order valence-electron chi connectivity index (χ2n) is 9.60. The SMILES string of the molecule is CCOC(=O)c1nc2ccccc2n(C(C)CC2CC[C@H](C)N2C2CCCCCC2)c1=O. The Bertz CT molecular complexity index is 993. The van der Waals surface area contributed by atoms with Gasteiger partial charge >= 0.3 is 5.97 Å². The molecule has 1 aromatic carbocycles. The Labute approximate surface area is 191 Å². The number of hydrogen-bond acceptors (Lipinski definition) is 5. The lowest BCUT2D eigenvalue weighted by Crippen LogP contribution is -2.44. The maximum atomic E-state index is 13.4. The van der Waals surface area contributed by atoms with Gasteiger partial charge in [-0.2, -0.15) is 0 Å². The van der Waals surface area contributed by atoms with E-state index in [1.165, 1.54) is 51.4 Å². The molecule has 0 radical (unpaired) electrons. The Kier molecular flexibility index (Phi) is 7.29. The summed E-state index contributed by atoms with van der Waals surface area (Å²) >= 11 is 0. The predicted octanol–water partition coefficient (Wildman–Crippen LogP) is 5.10. The van der Waals surface area contributed by atoms with Crippen LogP contribution in [0.25, 0.3) is 11.0 Å². The van der Waals surface area contributed by atoms with Crippen LogP contribution in [0.5, 0.6) is 0 Å². The number of benzene rings is 1. The number of para-hydroxylation sites is 2. The fourth-order valence-corrected chi connectivity index (χ4v) is 5.97. The third-order valence-corrected chi connectivity index (χ3v) is 7.41. The second kappa shape index (κ2) is 10.2. The fraction of sp³-hybridized carbons (Fsp3) is 0.654. The van der Waals surface area contributed by atoms with Gasteiger partial charge in [-0.05, 0) is 65.0 Å². The van der Waals surface area contributed by atoms with Gasteiger partial charge < -0.3 is 9.30 Å². The first kappa shape index (κ1) is 23.0. The van der Waals surface area contributed by atoms with Crippen molar-refractivity contribution in [3.63, 3.8) is 0 Å². The lowest BCUT2D eigenvalue weighted by Gasteiger charge is -2.37. The molecule has 6 heteroatoms. The van der Waals surface area contributed by atoms with Crippen LogP contribution in [0.15, 0.2) is 29.1 Å². The molecular weight excluding hydrogens is 402 g/mol. The average Bonchev–Trinajstić information content (AvgIpc) is 2.97. The number of nitrogens with zero attached hydrogens (tertiary/aromatic N) is 3. The smallest absolute Gasteiger partial charge is 0.362 e. The van der Waals surface area contributed by atoms with E-state index >= 15 is 0 Å². The first-order chi connectivity index (χ1) is 15.5. The van der Waals surface area contributed by atoms with E-state index in [-0.39, 0.29) is 23.9 Å². The summed E-state index contributed by atoms with van der Waals surface area (Å²) in [6.45, 7) is 6.43. The molecule has 2 unspecified atom stereocenters. The molecule has 0 bridgehead atoms. The summed E-state index contributed by atoms with van der Waals surface area (Å²) in [6, 6.07) is 9.28. The number of aromatic nitrogens is 2. The zero-order valence-corrected chi connectivity index (χ0v) is 19.8. The molecule has 0 amide bonds. The molecule has 32 heavy (non-hydrogen) atoms. The minimum atomic E-state index is -0.640. The molecule has 1 aliphatic heterocycles. The highest BCUT2D eigenvalue weighted by atomic mass is 16.5. The molecule has 0 spiro atoms. The normalized spacial score (nSPS) is 23.8. The summed E-state index contributed by atoms with van der Waals surface area (Å²) in [5.41, 5.74) is 0.979.